The number of ketones is 1. The summed E-state index contributed by atoms with van der Waals surface area (Å²) in [6, 6.07) is 4.53. The molecule has 2 unspecified atom stereocenters. The summed E-state index contributed by atoms with van der Waals surface area (Å²) < 4.78 is 46.2. The van der Waals surface area contributed by atoms with E-state index in [0.29, 0.717) is 30.2 Å². The van der Waals surface area contributed by atoms with Crippen molar-refractivity contribution in [3.8, 4) is 18.1 Å². The Morgan fingerprint density at radius 1 is 1.22 bits per heavy atom. The summed E-state index contributed by atoms with van der Waals surface area (Å²) in [5.74, 6) is 0.265. The Morgan fingerprint density at radius 2 is 1.97 bits per heavy atom. The van der Waals surface area contributed by atoms with Gasteiger partial charge in [0.15, 0.2) is 5.78 Å². The Morgan fingerprint density at radius 3 is 2.62 bits per heavy atom. The number of halogens is 3. The molecule has 0 aromatic heterocycles. The highest BCUT2D eigenvalue weighted by molar-refractivity contribution is 6.19. The van der Waals surface area contributed by atoms with Gasteiger partial charge in [-0.1, -0.05) is 6.92 Å². The number of imide groups is 1. The van der Waals surface area contributed by atoms with E-state index in [-0.39, 0.29) is 49.7 Å². The number of terminal acetylenes is 1. The van der Waals surface area contributed by atoms with E-state index < -0.39 is 29.5 Å². The molecule has 2 amide bonds. The van der Waals surface area contributed by atoms with E-state index in [1.807, 2.05) is 0 Å². The van der Waals surface area contributed by atoms with E-state index in [2.05, 4.69) is 5.92 Å². The Hall–Kier alpha value is -3.08. The number of carbonyl (C=O) groups is 3. The van der Waals surface area contributed by atoms with E-state index >= 15 is 0 Å². The zero-order valence-electron chi connectivity index (χ0n) is 17.7. The third-order valence-corrected chi connectivity index (χ3v) is 5.84. The van der Waals surface area contributed by atoms with Crippen LogP contribution < -0.4 is 9.64 Å². The number of anilines is 1. The molecule has 32 heavy (non-hydrogen) atoms. The number of Topliss-reactive ketones (excluding diaryl/α,β-unsaturated/α-hetero) is 1. The second-order valence-corrected chi connectivity index (χ2v) is 8.11. The molecule has 0 spiro atoms. The van der Waals surface area contributed by atoms with Gasteiger partial charge in [-0.25, -0.2) is 4.90 Å². The predicted molar refractivity (Wildman–Crippen MR) is 112 cm³/mol. The van der Waals surface area contributed by atoms with Crippen LogP contribution in [0.3, 0.4) is 0 Å². The van der Waals surface area contributed by atoms with Gasteiger partial charge in [0.2, 0.25) is 5.91 Å². The summed E-state index contributed by atoms with van der Waals surface area (Å²) in [5, 5.41) is 0. The lowest BCUT2D eigenvalue weighted by molar-refractivity contribution is -0.127. The van der Waals surface area contributed by atoms with Crippen LogP contribution in [0.4, 0.5) is 18.9 Å². The molecular weight excluding hydrogens is 423 g/mol. The number of benzene rings is 1. The van der Waals surface area contributed by atoms with Gasteiger partial charge in [-0.05, 0) is 54.9 Å². The maximum Gasteiger partial charge on any atom is 0.413 e. The predicted octanol–water partition coefficient (Wildman–Crippen LogP) is 4.39. The van der Waals surface area contributed by atoms with Gasteiger partial charge in [-0.3, -0.25) is 14.4 Å². The van der Waals surface area contributed by atoms with Crippen LogP contribution in [0, 0.1) is 24.2 Å². The van der Waals surface area contributed by atoms with Crippen LogP contribution >= 0.6 is 0 Å². The van der Waals surface area contributed by atoms with Crippen molar-refractivity contribution >= 4 is 23.3 Å². The molecule has 1 aromatic rings. The molecule has 2 atom stereocenters. The van der Waals surface area contributed by atoms with Crippen molar-refractivity contribution in [2.75, 3.05) is 11.5 Å². The average molecular weight is 447 g/mol. The number of ether oxygens (including phenoxy) is 1. The Bertz CT molecular complexity index is 990. The molecule has 0 fully saturated rings. The first-order valence-corrected chi connectivity index (χ1v) is 10.5. The lowest BCUT2D eigenvalue weighted by Crippen LogP contribution is -2.39. The fraction of sp³-hybridized carbons (Fsp3) is 0.458. The van der Waals surface area contributed by atoms with Gasteiger partial charge in [-0.2, -0.15) is 13.2 Å². The summed E-state index contributed by atoms with van der Waals surface area (Å²) in [7, 11) is 0. The van der Waals surface area contributed by atoms with Gasteiger partial charge in [0.25, 0.3) is 5.91 Å². The number of alkyl halides is 3. The molecule has 0 N–H and O–H groups in total. The smallest absolute Gasteiger partial charge is 0.413 e. The Labute approximate surface area is 184 Å². The van der Waals surface area contributed by atoms with Gasteiger partial charge >= 0.3 is 6.18 Å². The van der Waals surface area contributed by atoms with Crippen molar-refractivity contribution in [1.82, 2.24) is 0 Å². The maximum atomic E-state index is 13.6. The van der Waals surface area contributed by atoms with Crippen LogP contribution in [-0.2, 0) is 20.8 Å². The number of amides is 2. The monoisotopic (exact) mass is 447 g/mol. The third-order valence-electron chi connectivity index (χ3n) is 5.84. The van der Waals surface area contributed by atoms with Crippen molar-refractivity contribution in [3.63, 3.8) is 0 Å². The molecule has 0 saturated carbocycles. The molecule has 0 aliphatic carbocycles. The molecule has 0 radical (unpaired) electrons. The van der Waals surface area contributed by atoms with E-state index in [1.54, 1.807) is 13.0 Å². The lowest BCUT2D eigenvalue weighted by Gasteiger charge is -2.28. The molecule has 2 aliphatic heterocycles. The van der Waals surface area contributed by atoms with Crippen molar-refractivity contribution < 1.29 is 32.3 Å². The van der Waals surface area contributed by atoms with Crippen LogP contribution in [0.2, 0.25) is 0 Å². The van der Waals surface area contributed by atoms with Crippen molar-refractivity contribution in [2.45, 2.75) is 51.6 Å². The molecular formula is C24H24F3NO4. The zero-order chi connectivity index (χ0) is 23.5. The quantitative estimate of drug-likeness (QED) is 0.509. The summed E-state index contributed by atoms with van der Waals surface area (Å²) in [4.78, 5) is 38.4. The van der Waals surface area contributed by atoms with Crippen LogP contribution in [0.1, 0.15) is 44.6 Å². The molecule has 3 rings (SSSR count). The Kier molecular flexibility index (Phi) is 7.07. The van der Waals surface area contributed by atoms with Crippen molar-refractivity contribution in [2.24, 2.45) is 11.8 Å². The van der Waals surface area contributed by atoms with Crippen LogP contribution in [0.5, 0.6) is 5.75 Å². The largest absolute Gasteiger partial charge is 0.486 e. The number of allylic oxidation sites excluding steroid dienone is 1. The standard InChI is InChI=1S/C24H24F3NO4/c1-3-5-15-10-17-12-18(7-8-21(17)32-14-19(29)11-15)28-22(30)9-6-16(4-2)20(13-23(28)31)24(25,26)27/h1,7-8,12-13,15-16H,4-6,9-11,14H2,2H3. The second-order valence-electron chi connectivity index (χ2n) is 8.11. The van der Waals surface area contributed by atoms with Crippen LogP contribution in [0.25, 0.3) is 0 Å². The highest BCUT2D eigenvalue weighted by Crippen LogP contribution is 2.38. The molecule has 1 aromatic carbocycles. The van der Waals surface area contributed by atoms with E-state index in [1.165, 1.54) is 12.1 Å². The van der Waals surface area contributed by atoms with Crippen LogP contribution in [0.15, 0.2) is 29.8 Å². The number of nitrogens with zero attached hydrogens (tertiary/aromatic N) is 1. The van der Waals surface area contributed by atoms with E-state index in [9.17, 15) is 27.6 Å². The lowest BCUT2D eigenvalue weighted by atomic mass is 9.88. The first-order chi connectivity index (χ1) is 15.1. The Balaban J connectivity index is 2.01. The first kappa shape index (κ1) is 23.6. The number of hydrogen-bond acceptors (Lipinski definition) is 4. The highest BCUT2D eigenvalue weighted by Gasteiger charge is 2.41. The summed E-state index contributed by atoms with van der Waals surface area (Å²) >= 11 is 0. The van der Waals surface area contributed by atoms with E-state index in [0.717, 1.165) is 4.90 Å². The van der Waals surface area contributed by atoms with Gasteiger partial charge in [0, 0.05) is 30.9 Å². The van der Waals surface area contributed by atoms with Gasteiger partial charge in [0.05, 0.1) is 5.69 Å². The highest BCUT2D eigenvalue weighted by atomic mass is 19.4. The van der Waals surface area contributed by atoms with Gasteiger partial charge < -0.3 is 4.74 Å². The minimum absolute atomic E-state index is 0.00482. The normalized spacial score (nSPS) is 22.5. The number of rotatable bonds is 3. The molecule has 2 aliphatic rings. The minimum Gasteiger partial charge on any atom is -0.486 e. The summed E-state index contributed by atoms with van der Waals surface area (Å²) in [6.07, 6.45) is 2.29. The van der Waals surface area contributed by atoms with Crippen molar-refractivity contribution in [1.29, 1.82) is 0 Å². The zero-order valence-corrected chi connectivity index (χ0v) is 17.7. The molecule has 170 valence electrons. The summed E-state index contributed by atoms with van der Waals surface area (Å²) in [5.41, 5.74) is -0.101. The number of fused-ring (bicyclic) bond motifs is 1. The molecule has 5 nitrogen and oxygen atoms in total. The topological polar surface area (TPSA) is 63.7 Å². The van der Waals surface area contributed by atoms with E-state index in [4.69, 9.17) is 11.2 Å². The minimum atomic E-state index is -4.66. The average Bonchev–Trinajstić information content (AvgIpc) is 2.70. The SMILES string of the molecule is C#CCC1CC(=O)COc2ccc(N3C(=O)C=C(C(F)(F)F)C(CC)CCC3=O)cc2C1. The first-order valence-electron chi connectivity index (χ1n) is 10.5. The fourth-order valence-electron chi connectivity index (χ4n) is 4.25. The molecule has 2 heterocycles. The molecule has 0 saturated heterocycles. The maximum absolute atomic E-state index is 13.6. The second kappa shape index (κ2) is 9.60. The van der Waals surface area contributed by atoms with Gasteiger partial charge in [0.1, 0.15) is 12.4 Å². The molecule has 0 bridgehead atoms. The summed E-state index contributed by atoms with van der Waals surface area (Å²) in [6.45, 7) is 1.48. The van der Waals surface area contributed by atoms with Crippen LogP contribution in [-0.4, -0.2) is 30.4 Å². The molecule has 8 heteroatoms. The number of hydrogen-bond donors (Lipinski definition) is 0. The van der Waals surface area contributed by atoms with Gasteiger partial charge in [-0.15, -0.1) is 12.3 Å². The van der Waals surface area contributed by atoms with Crippen molar-refractivity contribution in [3.05, 3.63) is 35.4 Å². The third kappa shape index (κ3) is 5.21. The fourth-order valence-corrected chi connectivity index (χ4v) is 4.25. The number of carbonyl (C=O) groups excluding carboxylic acids is 3.